The van der Waals surface area contributed by atoms with Gasteiger partial charge in [0.15, 0.2) is 0 Å². The molecule has 0 spiro atoms. The molecule has 0 fully saturated rings. The minimum atomic E-state index is -2.84. The van der Waals surface area contributed by atoms with Crippen molar-refractivity contribution >= 4 is 30.4 Å². The van der Waals surface area contributed by atoms with Crippen LogP contribution in [0.2, 0.25) is 0 Å². The molecule has 0 bridgehead atoms. The van der Waals surface area contributed by atoms with E-state index in [0.29, 0.717) is 0 Å². The lowest BCUT2D eigenvalue weighted by atomic mass is 10.2. The maximum atomic E-state index is 5.50. The van der Waals surface area contributed by atoms with Crippen molar-refractivity contribution in [1.82, 2.24) is 0 Å². The predicted molar refractivity (Wildman–Crippen MR) is 62.9 cm³/mol. The van der Waals surface area contributed by atoms with Crippen LogP contribution in [0, 0.1) is 0 Å². The largest absolute Gasteiger partial charge is 0.345 e. The van der Waals surface area contributed by atoms with E-state index in [-0.39, 0.29) is 0 Å². The van der Waals surface area contributed by atoms with Crippen LogP contribution in [0.25, 0.3) is 0 Å². The topological polar surface area (TPSA) is 27.7 Å². The van der Waals surface area contributed by atoms with Gasteiger partial charge < -0.3 is 9.05 Å². The number of halogens is 1. The van der Waals surface area contributed by atoms with Gasteiger partial charge in [-0.15, -0.1) is 0 Å². The van der Waals surface area contributed by atoms with Gasteiger partial charge in [-0.05, 0) is 53.3 Å². The molecule has 0 aromatic carbocycles. The fourth-order valence-corrected chi connectivity index (χ4v) is 3.66. The monoisotopic (exact) mass is 260 g/mol. The molecule has 0 aliphatic heterocycles. The van der Waals surface area contributed by atoms with Crippen LogP contribution in [0.5, 0.6) is 0 Å². The molecule has 0 rings (SSSR count). The second-order valence-electron chi connectivity index (χ2n) is 4.92. The van der Waals surface area contributed by atoms with Crippen LogP contribution in [-0.2, 0) is 24.9 Å². The fraction of sp³-hybridized carbons (Fsp3) is 1.00. The third kappa shape index (κ3) is 7.16. The quantitative estimate of drug-likeness (QED) is 0.717. The molecule has 0 radical (unpaired) electrons. The van der Waals surface area contributed by atoms with Gasteiger partial charge in [0.1, 0.15) is 0 Å². The van der Waals surface area contributed by atoms with Crippen molar-refractivity contribution in [1.29, 1.82) is 0 Å². The zero-order chi connectivity index (χ0) is 11.6. The first kappa shape index (κ1) is 14.8. The van der Waals surface area contributed by atoms with Gasteiger partial charge in [-0.25, -0.2) is 0 Å². The molecule has 86 valence electrons. The highest BCUT2D eigenvalue weighted by Crippen LogP contribution is 2.56. The summed E-state index contributed by atoms with van der Waals surface area (Å²) in [6.45, 7) is 8.38. The van der Waals surface area contributed by atoms with Crippen molar-refractivity contribution in [2.45, 2.75) is 52.7 Å². The minimum Gasteiger partial charge on any atom is -0.302 e. The van der Waals surface area contributed by atoms with Gasteiger partial charge in [-0.3, -0.25) is 0 Å². The summed E-state index contributed by atoms with van der Waals surface area (Å²) in [4.78, 5) is 0. The molecule has 0 aromatic heterocycles. The molecule has 0 saturated heterocycles. The van der Waals surface area contributed by atoms with Crippen LogP contribution in [-0.4, -0.2) is 11.2 Å². The Kier molecular flexibility index (Phi) is 5.05. The van der Waals surface area contributed by atoms with E-state index in [0.717, 1.165) is 0 Å². The average molecular weight is 261 g/mol. The van der Waals surface area contributed by atoms with Crippen LogP contribution in [0.1, 0.15) is 41.5 Å². The van der Waals surface area contributed by atoms with Gasteiger partial charge in [0, 0.05) is 0 Å². The summed E-state index contributed by atoms with van der Waals surface area (Å²) in [5, 5.41) is 0. The lowest BCUT2D eigenvalue weighted by molar-refractivity contribution is 0.0494. The molecule has 6 heteroatoms. The molecule has 0 amide bonds. The van der Waals surface area contributed by atoms with E-state index >= 15 is 0 Å². The molecule has 0 saturated carbocycles. The van der Waals surface area contributed by atoms with Crippen molar-refractivity contribution in [3.8, 4) is 0 Å². The lowest BCUT2D eigenvalue weighted by Gasteiger charge is -2.31. The molecule has 0 heterocycles. The number of rotatable bonds is 3. The van der Waals surface area contributed by atoms with Gasteiger partial charge in [0.2, 0.25) is 0 Å². The van der Waals surface area contributed by atoms with Crippen LogP contribution in [0.4, 0.5) is 0 Å². The summed E-state index contributed by atoms with van der Waals surface area (Å²) in [5.74, 6) is 0. The SMILES string of the molecule is CC(C)(C)OP(=S)(OCl)OC(C)(C)C. The first-order valence-electron chi connectivity index (χ1n) is 4.29. The van der Waals surface area contributed by atoms with Crippen LogP contribution in [0.15, 0.2) is 0 Å². The highest BCUT2D eigenvalue weighted by molar-refractivity contribution is 8.07. The van der Waals surface area contributed by atoms with Gasteiger partial charge in [0.25, 0.3) is 0 Å². The average Bonchev–Trinajstić information content (AvgIpc) is 1.78. The fourth-order valence-electron chi connectivity index (χ4n) is 0.718. The van der Waals surface area contributed by atoms with E-state index in [1.165, 1.54) is 0 Å². The van der Waals surface area contributed by atoms with Crippen LogP contribution >= 0.6 is 18.6 Å². The normalized spacial score (nSPS) is 14.5. The smallest absolute Gasteiger partial charge is 0.302 e. The molecule has 0 aromatic rings. The van der Waals surface area contributed by atoms with Gasteiger partial charge in [0.05, 0.1) is 23.1 Å². The summed E-state index contributed by atoms with van der Waals surface area (Å²) in [7, 11) is 0. The Labute approximate surface area is 96.5 Å². The first-order chi connectivity index (χ1) is 5.97. The summed E-state index contributed by atoms with van der Waals surface area (Å²) in [5.41, 5.74) is -0.870. The van der Waals surface area contributed by atoms with Crippen molar-refractivity contribution in [2.24, 2.45) is 0 Å². The van der Waals surface area contributed by atoms with E-state index in [4.69, 9.17) is 32.7 Å². The maximum Gasteiger partial charge on any atom is 0.345 e. The van der Waals surface area contributed by atoms with Crippen molar-refractivity contribution in [3.63, 3.8) is 0 Å². The molecule has 14 heavy (non-hydrogen) atoms. The van der Waals surface area contributed by atoms with Crippen LogP contribution < -0.4 is 0 Å². The highest BCUT2D eigenvalue weighted by Gasteiger charge is 2.32. The zero-order valence-corrected chi connectivity index (χ0v) is 11.9. The summed E-state index contributed by atoms with van der Waals surface area (Å²) in [6.07, 6.45) is 0. The summed E-state index contributed by atoms with van der Waals surface area (Å²) in [6, 6.07) is 0. The Bertz CT molecular complexity index is 212. The Balaban J connectivity index is 4.59. The summed E-state index contributed by atoms with van der Waals surface area (Å²) < 4.78 is 15.6. The van der Waals surface area contributed by atoms with Gasteiger partial charge in [-0.1, -0.05) is 0 Å². The molecule has 0 aliphatic carbocycles. The minimum absolute atomic E-state index is 0.435. The molecular formula is C8H18ClO3PS. The van der Waals surface area contributed by atoms with E-state index in [9.17, 15) is 0 Å². The molecule has 3 nitrogen and oxygen atoms in total. The van der Waals surface area contributed by atoms with Crippen molar-refractivity contribution in [2.75, 3.05) is 0 Å². The zero-order valence-electron chi connectivity index (χ0n) is 9.46. The second kappa shape index (κ2) is 4.77. The highest BCUT2D eigenvalue weighted by atomic mass is 35.5. The molecule has 0 N–H and O–H groups in total. The standard InChI is InChI=1S/C8H18ClO3PS/c1-7(2,3)10-13(14,12-9)11-8(4,5)6/h1-6H3. The van der Waals surface area contributed by atoms with Gasteiger partial charge >= 0.3 is 6.72 Å². The number of hydrogen-bond acceptors (Lipinski definition) is 4. The van der Waals surface area contributed by atoms with E-state index in [1.54, 1.807) is 0 Å². The van der Waals surface area contributed by atoms with E-state index in [2.05, 4.69) is 4.08 Å². The Morgan fingerprint density at radius 1 is 0.929 bits per heavy atom. The Morgan fingerprint density at radius 2 is 1.21 bits per heavy atom. The predicted octanol–water partition coefficient (Wildman–Crippen LogP) is 4.01. The second-order valence-corrected chi connectivity index (χ2v) is 8.08. The van der Waals surface area contributed by atoms with E-state index in [1.807, 2.05) is 41.5 Å². The van der Waals surface area contributed by atoms with Gasteiger partial charge in [-0.2, -0.15) is 4.08 Å². The third-order valence-corrected chi connectivity index (χ3v) is 4.03. The summed E-state index contributed by atoms with van der Waals surface area (Å²) >= 11 is 10.4. The Hall–Kier alpha value is 0.820. The Morgan fingerprint density at radius 3 is 1.36 bits per heavy atom. The van der Waals surface area contributed by atoms with Crippen molar-refractivity contribution < 1.29 is 13.1 Å². The lowest BCUT2D eigenvalue weighted by Crippen LogP contribution is -2.23. The van der Waals surface area contributed by atoms with E-state index < -0.39 is 17.9 Å². The maximum absolute atomic E-state index is 5.50. The third-order valence-electron chi connectivity index (χ3n) is 0.856. The molecule has 0 atom stereocenters. The first-order valence-corrected chi connectivity index (χ1v) is 7.16. The molecule has 0 unspecified atom stereocenters. The molecular weight excluding hydrogens is 243 g/mol. The van der Waals surface area contributed by atoms with Crippen molar-refractivity contribution in [3.05, 3.63) is 0 Å². The number of hydrogen-bond donors (Lipinski definition) is 0. The molecule has 0 aliphatic rings. The van der Waals surface area contributed by atoms with Crippen LogP contribution in [0.3, 0.4) is 0 Å².